The van der Waals surface area contributed by atoms with Crippen LogP contribution in [0.25, 0.3) is 0 Å². The number of hydrogen-bond donors (Lipinski definition) is 1. The maximum atomic E-state index is 6.38. The van der Waals surface area contributed by atoms with E-state index < -0.39 is 0 Å². The lowest BCUT2D eigenvalue weighted by molar-refractivity contribution is 0.410. The molecule has 0 amide bonds. The van der Waals surface area contributed by atoms with Gasteiger partial charge in [-0.2, -0.15) is 0 Å². The number of methoxy groups -OCH3 is 1. The Bertz CT molecular complexity index is 412. The molecule has 1 aliphatic rings. The first kappa shape index (κ1) is 12.4. The van der Waals surface area contributed by atoms with E-state index in [4.69, 9.17) is 10.5 Å². The molecular weight excluding hydrogens is 212 g/mol. The van der Waals surface area contributed by atoms with Crippen LogP contribution in [0, 0.1) is 16.7 Å². The van der Waals surface area contributed by atoms with E-state index in [9.17, 15) is 0 Å². The molecule has 1 aromatic heterocycles. The van der Waals surface area contributed by atoms with Crippen molar-refractivity contribution in [1.82, 2.24) is 4.98 Å². The van der Waals surface area contributed by atoms with E-state index in [0.29, 0.717) is 5.92 Å². The van der Waals surface area contributed by atoms with Crippen LogP contribution >= 0.6 is 0 Å². The second-order valence-corrected chi connectivity index (χ2v) is 6.10. The summed E-state index contributed by atoms with van der Waals surface area (Å²) >= 11 is 0. The monoisotopic (exact) mass is 234 g/mol. The number of nitrogens with zero attached hydrogens (tertiary/aromatic N) is 1. The fraction of sp³-hybridized carbons (Fsp3) is 0.643. The maximum absolute atomic E-state index is 6.38. The number of rotatable bonds is 3. The van der Waals surface area contributed by atoms with Crippen molar-refractivity contribution >= 4 is 0 Å². The first-order valence-electron chi connectivity index (χ1n) is 6.07. The van der Waals surface area contributed by atoms with Gasteiger partial charge in [-0.1, -0.05) is 27.7 Å². The molecule has 1 saturated carbocycles. The molecule has 0 radical (unpaired) electrons. The smallest absolute Gasteiger partial charge is 0.137 e. The molecule has 0 bridgehead atoms. The molecule has 1 unspecified atom stereocenters. The third-order valence-electron chi connectivity index (χ3n) is 4.85. The van der Waals surface area contributed by atoms with Crippen LogP contribution in [-0.2, 0) is 0 Å². The zero-order valence-corrected chi connectivity index (χ0v) is 11.3. The number of hydrogen-bond acceptors (Lipinski definition) is 3. The van der Waals surface area contributed by atoms with Crippen LogP contribution in [0.4, 0.5) is 0 Å². The minimum atomic E-state index is 0.0302. The molecule has 1 aromatic rings. The first-order chi connectivity index (χ1) is 7.82. The van der Waals surface area contributed by atoms with Gasteiger partial charge < -0.3 is 10.5 Å². The molecule has 2 rings (SSSR count). The normalized spacial score (nSPS) is 23.2. The second kappa shape index (κ2) is 3.70. The van der Waals surface area contributed by atoms with Crippen LogP contribution in [0.5, 0.6) is 5.75 Å². The fourth-order valence-corrected chi connectivity index (χ4v) is 3.07. The van der Waals surface area contributed by atoms with Gasteiger partial charge in [-0.3, -0.25) is 4.98 Å². The average Bonchev–Trinajstić information content (AvgIpc) is 2.69. The third-order valence-corrected chi connectivity index (χ3v) is 4.85. The molecule has 1 fully saturated rings. The van der Waals surface area contributed by atoms with Crippen LogP contribution in [-0.4, -0.2) is 12.1 Å². The van der Waals surface area contributed by atoms with E-state index in [0.717, 1.165) is 11.3 Å². The van der Waals surface area contributed by atoms with Crippen molar-refractivity contribution in [2.75, 3.05) is 7.11 Å². The van der Waals surface area contributed by atoms with Crippen molar-refractivity contribution in [3.05, 3.63) is 24.0 Å². The minimum absolute atomic E-state index is 0.0302. The van der Waals surface area contributed by atoms with E-state index in [-0.39, 0.29) is 16.9 Å². The van der Waals surface area contributed by atoms with Gasteiger partial charge in [-0.05, 0) is 28.4 Å². The van der Waals surface area contributed by atoms with Gasteiger partial charge in [-0.15, -0.1) is 0 Å². The highest BCUT2D eigenvalue weighted by molar-refractivity contribution is 5.30. The topological polar surface area (TPSA) is 48.1 Å². The summed E-state index contributed by atoms with van der Waals surface area (Å²) in [6.07, 6.45) is 3.55. The molecule has 94 valence electrons. The van der Waals surface area contributed by atoms with Crippen LogP contribution < -0.4 is 10.5 Å². The molecule has 1 heterocycles. The Labute approximate surface area is 103 Å². The summed E-state index contributed by atoms with van der Waals surface area (Å²) in [6.45, 7) is 9.13. The van der Waals surface area contributed by atoms with E-state index in [1.807, 2.05) is 12.3 Å². The van der Waals surface area contributed by atoms with E-state index >= 15 is 0 Å². The number of nitrogens with two attached hydrogens (primary N) is 1. The highest BCUT2D eigenvalue weighted by atomic mass is 16.5. The lowest BCUT2D eigenvalue weighted by Crippen LogP contribution is -2.16. The van der Waals surface area contributed by atoms with Crippen LogP contribution in [0.15, 0.2) is 18.5 Å². The standard InChI is InChI=1S/C14H22N2O/c1-13(2)12(14(13,3)4)11(15)9-6-10(17-5)8-16-7-9/h6-8,11-12H,15H2,1-5H3. The molecule has 0 saturated heterocycles. The largest absolute Gasteiger partial charge is 0.495 e. The number of ether oxygens (including phenoxy) is 1. The van der Waals surface area contributed by atoms with Gasteiger partial charge in [0.15, 0.2) is 0 Å². The molecule has 3 nitrogen and oxygen atoms in total. The number of aromatic nitrogens is 1. The van der Waals surface area contributed by atoms with Crippen molar-refractivity contribution in [2.24, 2.45) is 22.5 Å². The quantitative estimate of drug-likeness (QED) is 0.874. The Morgan fingerprint density at radius 2 is 1.82 bits per heavy atom. The predicted molar refractivity (Wildman–Crippen MR) is 68.8 cm³/mol. The first-order valence-corrected chi connectivity index (χ1v) is 6.07. The van der Waals surface area contributed by atoms with Crippen molar-refractivity contribution in [2.45, 2.75) is 33.7 Å². The van der Waals surface area contributed by atoms with Crippen LogP contribution in [0.3, 0.4) is 0 Å². The van der Waals surface area contributed by atoms with Crippen LogP contribution in [0.1, 0.15) is 39.3 Å². The summed E-state index contributed by atoms with van der Waals surface area (Å²) in [6, 6.07) is 2.02. The Balaban J connectivity index is 2.24. The predicted octanol–water partition coefficient (Wildman–Crippen LogP) is 2.77. The van der Waals surface area contributed by atoms with Crippen molar-refractivity contribution in [3.63, 3.8) is 0 Å². The van der Waals surface area contributed by atoms with Gasteiger partial charge in [0.25, 0.3) is 0 Å². The SMILES string of the molecule is COc1cncc(C(N)C2C(C)(C)C2(C)C)c1. The van der Waals surface area contributed by atoms with Crippen molar-refractivity contribution in [3.8, 4) is 5.75 Å². The summed E-state index contributed by atoms with van der Waals surface area (Å²) < 4.78 is 5.19. The summed E-state index contributed by atoms with van der Waals surface area (Å²) in [5.41, 5.74) is 8.02. The highest BCUT2D eigenvalue weighted by Crippen LogP contribution is 2.71. The Morgan fingerprint density at radius 3 is 2.29 bits per heavy atom. The highest BCUT2D eigenvalue weighted by Gasteiger charge is 2.66. The molecule has 2 N–H and O–H groups in total. The van der Waals surface area contributed by atoms with Gasteiger partial charge in [-0.25, -0.2) is 0 Å². The fourth-order valence-electron chi connectivity index (χ4n) is 3.07. The van der Waals surface area contributed by atoms with E-state index in [2.05, 4.69) is 32.7 Å². The van der Waals surface area contributed by atoms with Gasteiger partial charge in [0, 0.05) is 12.2 Å². The molecule has 3 heteroatoms. The Morgan fingerprint density at radius 1 is 1.24 bits per heavy atom. The third kappa shape index (κ3) is 1.73. The van der Waals surface area contributed by atoms with Gasteiger partial charge in [0.2, 0.25) is 0 Å². The van der Waals surface area contributed by atoms with E-state index in [1.54, 1.807) is 13.3 Å². The van der Waals surface area contributed by atoms with E-state index in [1.165, 1.54) is 0 Å². The summed E-state index contributed by atoms with van der Waals surface area (Å²) in [7, 11) is 1.65. The van der Waals surface area contributed by atoms with Gasteiger partial charge in [0.05, 0.1) is 13.3 Å². The average molecular weight is 234 g/mol. The molecule has 1 aliphatic carbocycles. The molecular formula is C14H22N2O. The molecule has 0 spiro atoms. The van der Waals surface area contributed by atoms with Crippen LogP contribution in [0.2, 0.25) is 0 Å². The Hall–Kier alpha value is -1.09. The molecule has 0 aromatic carbocycles. The van der Waals surface area contributed by atoms with Crippen molar-refractivity contribution < 1.29 is 4.74 Å². The summed E-state index contributed by atoms with van der Waals surface area (Å²) in [5.74, 6) is 1.26. The molecule has 0 aliphatic heterocycles. The van der Waals surface area contributed by atoms with Crippen molar-refractivity contribution in [1.29, 1.82) is 0 Å². The molecule has 1 atom stereocenters. The number of pyridine rings is 1. The lowest BCUT2D eigenvalue weighted by Gasteiger charge is -2.14. The zero-order valence-electron chi connectivity index (χ0n) is 11.3. The van der Waals surface area contributed by atoms with Gasteiger partial charge in [0.1, 0.15) is 5.75 Å². The minimum Gasteiger partial charge on any atom is -0.495 e. The summed E-state index contributed by atoms with van der Waals surface area (Å²) in [4.78, 5) is 4.18. The lowest BCUT2D eigenvalue weighted by atomic mass is 9.99. The second-order valence-electron chi connectivity index (χ2n) is 6.10. The zero-order chi connectivity index (χ0) is 12.8. The maximum Gasteiger partial charge on any atom is 0.137 e. The summed E-state index contributed by atoms with van der Waals surface area (Å²) in [5, 5.41) is 0. The van der Waals surface area contributed by atoms with Gasteiger partial charge >= 0.3 is 0 Å². The Kier molecular flexibility index (Phi) is 2.69. The molecule has 17 heavy (non-hydrogen) atoms.